The summed E-state index contributed by atoms with van der Waals surface area (Å²) in [4.78, 5) is 48.4. The number of carbonyl (C=O) groups excluding carboxylic acids is 3. The second-order valence-electron chi connectivity index (χ2n) is 17.3. The van der Waals surface area contributed by atoms with E-state index in [4.69, 9.17) is 23.3 Å². The summed E-state index contributed by atoms with van der Waals surface area (Å²) in [6.07, 6.45) is 76.3. The number of phosphoric acid groups is 1. The number of ether oxygens (including phenoxy) is 3. The first-order chi connectivity index (χ1) is 37.2. The van der Waals surface area contributed by atoms with Crippen molar-refractivity contribution in [2.45, 2.75) is 174 Å². The van der Waals surface area contributed by atoms with Crippen molar-refractivity contribution in [2.75, 3.05) is 26.4 Å². The summed E-state index contributed by atoms with van der Waals surface area (Å²) in [5, 5.41) is 9.78. The molecule has 3 atom stereocenters. The van der Waals surface area contributed by atoms with Crippen LogP contribution in [0.4, 0.5) is 0 Å². The lowest BCUT2D eigenvalue weighted by Crippen LogP contribution is -2.30. The van der Waals surface area contributed by atoms with Crippen LogP contribution in [0.3, 0.4) is 0 Å². The SMILES string of the molecule is CC/C=C\C/C=C\C/C=C\C/C=C\C/C=C\CCCCCC(=O)OCC(COP(=O)(O)OCC(CO)OC(=O)C/C=C\C/C=C\C/C=C\C/C=C\C/C=C\CC)OC(=O)C/C=C\C/C=C\C/C=C\C/C=C\C/C=C\CC. The molecule has 0 saturated carbocycles. The van der Waals surface area contributed by atoms with E-state index in [2.05, 4.69) is 154 Å². The molecule has 76 heavy (non-hydrogen) atoms. The molecule has 0 aliphatic heterocycles. The first-order valence-electron chi connectivity index (χ1n) is 27.7. The van der Waals surface area contributed by atoms with Crippen molar-refractivity contribution >= 4 is 25.7 Å². The van der Waals surface area contributed by atoms with Gasteiger partial charge in [-0.2, -0.15) is 0 Å². The van der Waals surface area contributed by atoms with E-state index < -0.39 is 64.4 Å². The molecule has 0 heterocycles. The predicted molar refractivity (Wildman–Crippen MR) is 315 cm³/mol. The smallest absolute Gasteiger partial charge is 0.462 e. The predicted octanol–water partition coefficient (Wildman–Crippen LogP) is 16.5. The van der Waals surface area contributed by atoms with E-state index in [0.717, 1.165) is 103 Å². The van der Waals surface area contributed by atoms with Crippen LogP contribution in [0.1, 0.15) is 162 Å². The van der Waals surface area contributed by atoms with Crippen LogP contribution in [0, 0.1) is 0 Å². The normalized spacial score (nSPS) is 14.8. The molecule has 12 heteroatoms. The molecular formula is C64H95O11P. The number of hydrogen-bond donors (Lipinski definition) is 2. The monoisotopic (exact) mass is 1070 g/mol. The number of aliphatic hydroxyl groups excluding tert-OH is 1. The summed E-state index contributed by atoms with van der Waals surface area (Å²) in [7, 11) is -4.82. The summed E-state index contributed by atoms with van der Waals surface area (Å²) in [5.74, 6) is -1.83. The zero-order valence-corrected chi connectivity index (χ0v) is 47.3. The molecule has 0 amide bonds. The van der Waals surface area contributed by atoms with Crippen molar-refractivity contribution in [1.82, 2.24) is 0 Å². The minimum atomic E-state index is -4.82. The largest absolute Gasteiger partial charge is 0.472 e. The Morgan fingerprint density at radius 2 is 0.684 bits per heavy atom. The molecule has 422 valence electrons. The van der Waals surface area contributed by atoms with Crippen LogP contribution in [0.2, 0.25) is 0 Å². The maximum atomic E-state index is 12.9. The van der Waals surface area contributed by atoms with Crippen LogP contribution in [-0.4, -0.2) is 66.5 Å². The summed E-state index contributed by atoms with van der Waals surface area (Å²) >= 11 is 0. The molecule has 0 rings (SSSR count). The molecule has 0 aromatic rings. The van der Waals surface area contributed by atoms with Crippen LogP contribution in [0.25, 0.3) is 0 Å². The standard InChI is InChI=1S/C64H95O11P/c1-4-7-10-13-16-19-22-25-28-29-30-31-34-35-38-41-44-47-50-53-62(66)71-57-61(75-64(68)55-52-49-46-43-40-37-33-27-24-21-18-15-12-9-6-3)59-73-76(69,70)72-58-60(56-65)74-63(67)54-51-48-45-42-39-36-32-26-23-20-17-14-11-8-5-2/h7-12,16-21,25-28,30-33,35,38-40,42-43,48-49,51-52,60-61,65H,4-6,13-15,22-24,29,34,36-37,41,44-47,50,53-59H2,1-3H3,(H,69,70)/b10-7-,11-8-,12-9-,19-16-,20-17-,21-18-,28-25-,31-30-,32-26-,33-27-,38-35-,42-39-,43-40-,51-48-,52-49-. The zero-order valence-electron chi connectivity index (χ0n) is 46.4. The van der Waals surface area contributed by atoms with E-state index in [1.54, 1.807) is 12.2 Å². The molecular weight excluding hydrogens is 976 g/mol. The molecule has 0 spiro atoms. The Labute approximate surface area is 459 Å². The molecule has 2 N–H and O–H groups in total. The molecule has 0 bridgehead atoms. The molecule has 0 aliphatic rings. The number of phosphoric ester groups is 1. The van der Waals surface area contributed by atoms with E-state index in [1.165, 1.54) is 0 Å². The molecule has 3 unspecified atom stereocenters. The van der Waals surface area contributed by atoms with Crippen molar-refractivity contribution in [1.29, 1.82) is 0 Å². The number of carbonyl (C=O) groups is 3. The molecule has 0 radical (unpaired) electrons. The van der Waals surface area contributed by atoms with Gasteiger partial charge in [0.1, 0.15) is 12.7 Å². The Balaban J connectivity index is 5.00. The zero-order chi connectivity index (χ0) is 55.5. The first-order valence-corrected chi connectivity index (χ1v) is 29.2. The number of hydrogen-bond acceptors (Lipinski definition) is 10. The van der Waals surface area contributed by atoms with Gasteiger partial charge in [0.15, 0.2) is 6.10 Å². The number of allylic oxidation sites excluding steroid dienone is 28. The van der Waals surface area contributed by atoms with Crippen molar-refractivity contribution in [3.8, 4) is 0 Å². The first kappa shape index (κ1) is 70.6. The second-order valence-corrected chi connectivity index (χ2v) is 18.7. The highest BCUT2D eigenvalue weighted by atomic mass is 31.2. The summed E-state index contributed by atoms with van der Waals surface area (Å²) in [6.45, 7) is 3.99. The fourth-order valence-corrected chi connectivity index (χ4v) is 7.08. The third-order valence-electron chi connectivity index (χ3n) is 10.4. The fraction of sp³-hybridized carbons (Fsp3) is 0.484. The van der Waals surface area contributed by atoms with Crippen LogP contribution >= 0.6 is 7.82 Å². The van der Waals surface area contributed by atoms with E-state index in [-0.39, 0.29) is 19.3 Å². The Bertz CT molecular complexity index is 1970. The van der Waals surface area contributed by atoms with Crippen molar-refractivity contribution < 1.29 is 52.2 Å². The average Bonchev–Trinajstić information content (AvgIpc) is 3.41. The molecule has 0 aromatic heterocycles. The van der Waals surface area contributed by atoms with Gasteiger partial charge in [0.05, 0.1) is 32.7 Å². The van der Waals surface area contributed by atoms with Gasteiger partial charge in [0.25, 0.3) is 0 Å². The lowest BCUT2D eigenvalue weighted by Gasteiger charge is -2.21. The lowest BCUT2D eigenvalue weighted by molar-refractivity contribution is -0.160. The van der Waals surface area contributed by atoms with Gasteiger partial charge in [0, 0.05) is 6.42 Å². The summed E-state index contributed by atoms with van der Waals surface area (Å²) < 4.78 is 39.2. The molecule has 0 aromatic carbocycles. The van der Waals surface area contributed by atoms with Crippen LogP contribution in [-0.2, 0) is 42.2 Å². The van der Waals surface area contributed by atoms with Gasteiger partial charge >= 0.3 is 25.7 Å². The van der Waals surface area contributed by atoms with Gasteiger partial charge in [-0.15, -0.1) is 0 Å². The Kier molecular flexibility index (Phi) is 51.8. The van der Waals surface area contributed by atoms with Gasteiger partial charge in [-0.05, 0) is 116 Å². The summed E-state index contributed by atoms with van der Waals surface area (Å²) in [6, 6.07) is 0. The number of esters is 3. The van der Waals surface area contributed by atoms with E-state index in [1.807, 2.05) is 36.5 Å². The van der Waals surface area contributed by atoms with Crippen LogP contribution in [0.15, 0.2) is 182 Å². The highest BCUT2D eigenvalue weighted by molar-refractivity contribution is 7.47. The molecule has 0 aliphatic carbocycles. The Hall–Kier alpha value is -5.42. The number of rotatable bonds is 48. The van der Waals surface area contributed by atoms with E-state index in [9.17, 15) is 28.9 Å². The van der Waals surface area contributed by atoms with Gasteiger partial charge in [0.2, 0.25) is 0 Å². The van der Waals surface area contributed by atoms with Gasteiger partial charge in [-0.25, -0.2) is 4.57 Å². The van der Waals surface area contributed by atoms with E-state index in [0.29, 0.717) is 19.3 Å². The fourth-order valence-electron chi connectivity index (χ4n) is 6.30. The molecule has 11 nitrogen and oxygen atoms in total. The van der Waals surface area contributed by atoms with Crippen molar-refractivity contribution in [3.63, 3.8) is 0 Å². The Morgan fingerprint density at radius 1 is 0.382 bits per heavy atom. The van der Waals surface area contributed by atoms with Gasteiger partial charge in [-0.1, -0.05) is 209 Å². The van der Waals surface area contributed by atoms with E-state index >= 15 is 0 Å². The lowest BCUT2D eigenvalue weighted by atomic mass is 10.1. The van der Waals surface area contributed by atoms with Crippen LogP contribution < -0.4 is 0 Å². The maximum Gasteiger partial charge on any atom is 0.472 e. The topological polar surface area (TPSA) is 155 Å². The molecule has 0 saturated heterocycles. The number of aliphatic hydroxyl groups is 1. The average molecular weight is 1070 g/mol. The summed E-state index contributed by atoms with van der Waals surface area (Å²) in [5.41, 5.74) is 0. The third-order valence-corrected chi connectivity index (χ3v) is 11.3. The number of unbranched alkanes of at least 4 members (excludes halogenated alkanes) is 3. The highest BCUT2D eigenvalue weighted by Gasteiger charge is 2.28. The third kappa shape index (κ3) is 53.4. The minimum Gasteiger partial charge on any atom is -0.462 e. The quantitative estimate of drug-likeness (QED) is 0.0197. The van der Waals surface area contributed by atoms with Gasteiger partial charge in [-0.3, -0.25) is 23.4 Å². The van der Waals surface area contributed by atoms with Gasteiger partial charge < -0.3 is 24.2 Å². The second kappa shape index (κ2) is 55.8. The minimum absolute atomic E-state index is 0.0756. The van der Waals surface area contributed by atoms with Crippen molar-refractivity contribution in [3.05, 3.63) is 182 Å². The van der Waals surface area contributed by atoms with Crippen molar-refractivity contribution in [2.24, 2.45) is 0 Å². The van der Waals surface area contributed by atoms with Crippen LogP contribution in [0.5, 0.6) is 0 Å². The Morgan fingerprint density at radius 3 is 1.03 bits per heavy atom. The maximum absolute atomic E-state index is 12.9. The highest BCUT2D eigenvalue weighted by Crippen LogP contribution is 2.43. The molecule has 0 fully saturated rings.